The largest absolute Gasteiger partial charge is 0.298 e. The van der Waals surface area contributed by atoms with Crippen LogP contribution in [0.2, 0.25) is 0 Å². The van der Waals surface area contributed by atoms with Crippen molar-refractivity contribution in [3.8, 4) is 10.6 Å². The number of benzene rings is 1. The number of carbonyl (C=O) groups is 1. The Balaban J connectivity index is 1.80. The molecule has 1 aromatic carbocycles. The Bertz CT molecular complexity index is 763. The second kappa shape index (κ2) is 5.11. The molecule has 106 valence electrons. The highest BCUT2D eigenvalue weighted by molar-refractivity contribution is 7.22. The smallest absolute Gasteiger partial charge is 0.153 e. The summed E-state index contributed by atoms with van der Waals surface area (Å²) in [5, 5.41) is 5.94. The normalized spacial score (nSPS) is 15.8. The Kier molecular flexibility index (Phi) is 3.11. The third-order valence-electron chi connectivity index (χ3n) is 4.24. The first-order valence-electron chi connectivity index (χ1n) is 7.38. The van der Waals surface area contributed by atoms with Crippen LogP contribution in [0.3, 0.4) is 0 Å². The zero-order chi connectivity index (χ0) is 14.2. The minimum absolute atomic E-state index is 0.465. The maximum absolute atomic E-state index is 11.4. The molecular formula is C17H16N2OS. The predicted octanol–water partition coefficient (Wildman–Crippen LogP) is 4.69. The monoisotopic (exact) mass is 296 g/mol. The summed E-state index contributed by atoms with van der Waals surface area (Å²) in [5.41, 5.74) is 1.53. The summed E-state index contributed by atoms with van der Waals surface area (Å²) in [6.45, 7) is 0. The molecule has 1 aliphatic carbocycles. The molecular weight excluding hydrogens is 280 g/mol. The average molecular weight is 296 g/mol. The zero-order valence-electron chi connectivity index (χ0n) is 11.7. The molecule has 1 saturated carbocycles. The molecule has 1 aliphatic rings. The lowest BCUT2D eigenvalue weighted by atomic mass is 10.2. The van der Waals surface area contributed by atoms with E-state index >= 15 is 0 Å². The van der Waals surface area contributed by atoms with Gasteiger partial charge in [-0.3, -0.25) is 9.48 Å². The standard InChI is InChI=1S/C17H16N2OS/c20-11-13-10-19(14-6-2-3-7-14)18-17(13)16-9-12-5-1-4-8-15(12)21-16/h1,4-5,8-11,14H,2-3,6-7H2. The average Bonchev–Trinajstić information content (AvgIpc) is 3.24. The molecule has 0 aliphatic heterocycles. The number of fused-ring (bicyclic) bond motifs is 1. The van der Waals surface area contributed by atoms with E-state index in [1.54, 1.807) is 11.3 Å². The summed E-state index contributed by atoms with van der Waals surface area (Å²) >= 11 is 1.70. The van der Waals surface area contributed by atoms with Crippen molar-refractivity contribution in [3.05, 3.63) is 42.1 Å². The quantitative estimate of drug-likeness (QED) is 0.657. The Morgan fingerprint density at radius 1 is 1.24 bits per heavy atom. The molecule has 3 aromatic rings. The third kappa shape index (κ3) is 2.20. The van der Waals surface area contributed by atoms with E-state index < -0.39 is 0 Å². The number of aromatic nitrogens is 2. The fourth-order valence-electron chi connectivity index (χ4n) is 3.14. The molecule has 0 atom stereocenters. The summed E-state index contributed by atoms with van der Waals surface area (Å²) in [4.78, 5) is 12.5. The van der Waals surface area contributed by atoms with E-state index in [2.05, 4.69) is 18.2 Å². The predicted molar refractivity (Wildman–Crippen MR) is 85.9 cm³/mol. The number of thiophene rings is 1. The number of carbonyl (C=O) groups excluding carboxylic acids is 1. The highest BCUT2D eigenvalue weighted by Gasteiger charge is 2.21. The van der Waals surface area contributed by atoms with Gasteiger partial charge in [-0.05, 0) is 30.4 Å². The van der Waals surface area contributed by atoms with Crippen molar-refractivity contribution in [2.45, 2.75) is 31.7 Å². The number of nitrogens with zero attached hydrogens (tertiary/aromatic N) is 2. The van der Waals surface area contributed by atoms with Gasteiger partial charge in [-0.2, -0.15) is 5.10 Å². The maximum atomic E-state index is 11.4. The second-order valence-electron chi connectivity index (χ2n) is 5.62. The number of rotatable bonds is 3. The lowest BCUT2D eigenvalue weighted by molar-refractivity contribution is 0.112. The van der Waals surface area contributed by atoms with Crippen molar-refractivity contribution >= 4 is 27.7 Å². The fourth-order valence-corrected chi connectivity index (χ4v) is 4.21. The van der Waals surface area contributed by atoms with E-state index in [0.717, 1.165) is 16.9 Å². The van der Waals surface area contributed by atoms with E-state index in [1.807, 2.05) is 23.0 Å². The Labute approximate surface area is 127 Å². The van der Waals surface area contributed by atoms with Crippen molar-refractivity contribution < 1.29 is 4.79 Å². The van der Waals surface area contributed by atoms with Crippen LogP contribution in [0, 0.1) is 0 Å². The van der Waals surface area contributed by atoms with Crippen molar-refractivity contribution in [2.24, 2.45) is 0 Å². The van der Waals surface area contributed by atoms with Gasteiger partial charge in [-0.15, -0.1) is 11.3 Å². The second-order valence-corrected chi connectivity index (χ2v) is 6.70. The Hall–Kier alpha value is -1.94. The van der Waals surface area contributed by atoms with Gasteiger partial charge in [0.15, 0.2) is 6.29 Å². The number of hydrogen-bond acceptors (Lipinski definition) is 3. The van der Waals surface area contributed by atoms with Gasteiger partial charge in [0.1, 0.15) is 5.69 Å². The minimum Gasteiger partial charge on any atom is -0.298 e. The van der Waals surface area contributed by atoms with Crippen LogP contribution in [0.15, 0.2) is 36.5 Å². The van der Waals surface area contributed by atoms with Gasteiger partial charge >= 0.3 is 0 Å². The first-order chi connectivity index (χ1) is 10.3. The van der Waals surface area contributed by atoms with E-state index in [-0.39, 0.29) is 0 Å². The van der Waals surface area contributed by atoms with Crippen LogP contribution < -0.4 is 0 Å². The van der Waals surface area contributed by atoms with Crippen LogP contribution >= 0.6 is 11.3 Å². The third-order valence-corrected chi connectivity index (χ3v) is 5.37. The van der Waals surface area contributed by atoms with Gasteiger partial charge in [0, 0.05) is 10.9 Å². The van der Waals surface area contributed by atoms with Crippen molar-refractivity contribution in [1.82, 2.24) is 9.78 Å². The SMILES string of the molecule is O=Cc1cn(C2CCCC2)nc1-c1cc2ccccc2s1. The molecule has 0 N–H and O–H groups in total. The van der Waals surface area contributed by atoms with Gasteiger partial charge in [-0.1, -0.05) is 31.0 Å². The van der Waals surface area contributed by atoms with Gasteiger partial charge in [-0.25, -0.2) is 0 Å². The minimum atomic E-state index is 0.465. The van der Waals surface area contributed by atoms with E-state index in [1.165, 1.54) is 35.8 Å². The van der Waals surface area contributed by atoms with Crippen LogP contribution in [0.1, 0.15) is 42.1 Å². The summed E-state index contributed by atoms with van der Waals surface area (Å²) in [5.74, 6) is 0. The Morgan fingerprint density at radius 3 is 2.81 bits per heavy atom. The van der Waals surface area contributed by atoms with Gasteiger partial charge in [0.2, 0.25) is 0 Å². The molecule has 4 rings (SSSR count). The summed E-state index contributed by atoms with van der Waals surface area (Å²) < 4.78 is 3.25. The molecule has 21 heavy (non-hydrogen) atoms. The van der Waals surface area contributed by atoms with Crippen LogP contribution in [0.25, 0.3) is 20.7 Å². The lowest BCUT2D eigenvalue weighted by Gasteiger charge is -2.08. The van der Waals surface area contributed by atoms with Gasteiger partial charge < -0.3 is 0 Å². The first kappa shape index (κ1) is 12.8. The van der Waals surface area contributed by atoms with Gasteiger partial charge in [0.05, 0.1) is 16.5 Å². The molecule has 4 heteroatoms. The van der Waals surface area contributed by atoms with Crippen molar-refractivity contribution in [3.63, 3.8) is 0 Å². The molecule has 0 radical (unpaired) electrons. The van der Waals surface area contributed by atoms with E-state index in [0.29, 0.717) is 11.6 Å². The van der Waals surface area contributed by atoms with Crippen LogP contribution in [0.4, 0.5) is 0 Å². The highest BCUT2D eigenvalue weighted by Crippen LogP contribution is 2.36. The summed E-state index contributed by atoms with van der Waals surface area (Å²) in [6.07, 6.45) is 7.72. The molecule has 0 bridgehead atoms. The molecule has 1 fully saturated rings. The first-order valence-corrected chi connectivity index (χ1v) is 8.20. The molecule has 0 saturated heterocycles. The summed E-state index contributed by atoms with van der Waals surface area (Å²) in [6, 6.07) is 10.9. The lowest BCUT2D eigenvalue weighted by Crippen LogP contribution is -2.04. The van der Waals surface area contributed by atoms with Crippen molar-refractivity contribution in [2.75, 3.05) is 0 Å². The molecule has 0 spiro atoms. The van der Waals surface area contributed by atoms with Crippen LogP contribution in [-0.2, 0) is 0 Å². The number of hydrogen-bond donors (Lipinski definition) is 0. The molecule has 0 unspecified atom stereocenters. The Morgan fingerprint density at radius 2 is 2.05 bits per heavy atom. The molecule has 2 aromatic heterocycles. The fraction of sp³-hybridized carbons (Fsp3) is 0.294. The topological polar surface area (TPSA) is 34.9 Å². The van der Waals surface area contributed by atoms with Crippen molar-refractivity contribution in [1.29, 1.82) is 0 Å². The van der Waals surface area contributed by atoms with E-state index in [9.17, 15) is 4.79 Å². The van der Waals surface area contributed by atoms with Gasteiger partial charge in [0.25, 0.3) is 0 Å². The molecule has 2 heterocycles. The highest BCUT2D eigenvalue weighted by atomic mass is 32.1. The van der Waals surface area contributed by atoms with E-state index in [4.69, 9.17) is 5.10 Å². The zero-order valence-corrected chi connectivity index (χ0v) is 12.5. The summed E-state index contributed by atoms with van der Waals surface area (Å²) in [7, 11) is 0. The van der Waals surface area contributed by atoms with Crippen LogP contribution in [-0.4, -0.2) is 16.1 Å². The number of aldehydes is 1. The molecule has 3 nitrogen and oxygen atoms in total. The molecule has 0 amide bonds. The van der Waals surface area contributed by atoms with Crippen LogP contribution in [0.5, 0.6) is 0 Å². The maximum Gasteiger partial charge on any atom is 0.153 e.